The molecule has 1 amide bonds. The third-order valence-corrected chi connectivity index (χ3v) is 5.45. The molecule has 1 atom stereocenters. The van der Waals surface area contributed by atoms with E-state index in [4.69, 9.17) is 4.74 Å². The Labute approximate surface area is 192 Å². The van der Waals surface area contributed by atoms with E-state index in [1.807, 2.05) is 32.0 Å². The summed E-state index contributed by atoms with van der Waals surface area (Å²) in [7, 11) is 0. The van der Waals surface area contributed by atoms with Crippen molar-refractivity contribution in [2.75, 3.05) is 11.5 Å². The Balaban J connectivity index is 1.90. The number of amides is 1. The van der Waals surface area contributed by atoms with Gasteiger partial charge in [-0.15, -0.1) is 5.10 Å². The first-order chi connectivity index (χ1) is 15.9. The van der Waals surface area contributed by atoms with E-state index < -0.39 is 17.7 Å². The second kappa shape index (κ2) is 9.24. The number of carbonyl (C=O) groups excluding carboxylic acids is 2. The maximum Gasteiger partial charge on any atom is 0.301 e. The van der Waals surface area contributed by atoms with E-state index in [-0.39, 0.29) is 17.2 Å². The standard InChI is InChI=1S/C26H25N3O4/c1-4-14-33-20-7-5-6-19(15-20)23-22(24(30)18-11-8-16(2)9-12-18)25(31)26(32)29(23)21-13-10-17(3)27-28-21/h5-13,15,23,30H,4,14H2,1-3H3/b24-22-. The monoisotopic (exact) mass is 443 g/mol. The summed E-state index contributed by atoms with van der Waals surface area (Å²) in [5.74, 6) is -0.936. The van der Waals surface area contributed by atoms with Crippen molar-refractivity contribution in [3.63, 3.8) is 0 Å². The molecule has 0 aliphatic carbocycles. The third kappa shape index (κ3) is 4.35. The van der Waals surface area contributed by atoms with Crippen molar-refractivity contribution >= 4 is 23.3 Å². The minimum absolute atomic E-state index is 0.00105. The zero-order valence-corrected chi connectivity index (χ0v) is 18.8. The van der Waals surface area contributed by atoms with Crippen molar-refractivity contribution in [1.29, 1.82) is 0 Å². The number of aliphatic hydroxyl groups excluding tert-OH is 1. The summed E-state index contributed by atoms with van der Waals surface area (Å²) in [5.41, 5.74) is 2.77. The van der Waals surface area contributed by atoms with E-state index in [9.17, 15) is 14.7 Å². The lowest BCUT2D eigenvalue weighted by molar-refractivity contribution is -0.132. The summed E-state index contributed by atoms with van der Waals surface area (Å²) in [5, 5.41) is 19.4. The molecule has 1 aliphatic heterocycles. The van der Waals surface area contributed by atoms with Crippen LogP contribution in [0.15, 0.2) is 66.2 Å². The first-order valence-electron chi connectivity index (χ1n) is 10.8. The highest BCUT2D eigenvalue weighted by Gasteiger charge is 2.47. The largest absolute Gasteiger partial charge is 0.507 e. The van der Waals surface area contributed by atoms with Crippen LogP contribution in [0.5, 0.6) is 5.75 Å². The van der Waals surface area contributed by atoms with E-state index >= 15 is 0 Å². The van der Waals surface area contributed by atoms with E-state index in [1.165, 1.54) is 4.90 Å². The van der Waals surface area contributed by atoms with Gasteiger partial charge in [0.2, 0.25) is 0 Å². The molecule has 168 valence electrons. The average Bonchev–Trinajstić information content (AvgIpc) is 3.09. The number of Topliss-reactive ketones (excluding diaryl/α,β-unsaturated/α-hetero) is 1. The molecule has 1 fully saturated rings. The molecule has 1 unspecified atom stereocenters. The number of nitrogens with zero attached hydrogens (tertiary/aromatic N) is 3. The van der Waals surface area contributed by atoms with Gasteiger partial charge < -0.3 is 9.84 Å². The molecule has 3 aromatic rings. The molecule has 33 heavy (non-hydrogen) atoms. The van der Waals surface area contributed by atoms with Crippen molar-refractivity contribution in [3.8, 4) is 5.75 Å². The van der Waals surface area contributed by atoms with Crippen LogP contribution in [0.1, 0.15) is 41.8 Å². The highest BCUT2D eigenvalue weighted by molar-refractivity contribution is 6.51. The predicted octanol–water partition coefficient (Wildman–Crippen LogP) is 4.51. The SMILES string of the molecule is CCCOc1cccc(C2/C(=C(/O)c3ccc(C)cc3)C(=O)C(=O)N2c2ccc(C)nn2)c1. The van der Waals surface area contributed by atoms with Gasteiger partial charge in [-0.2, -0.15) is 5.10 Å². The Bertz CT molecular complexity index is 1220. The van der Waals surface area contributed by atoms with Crippen LogP contribution < -0.4 is 9.64 Å². The van der Waals surface area contributed by atoms with Gasteiger partial charge in [0, 0.05) is 5.56 Å². The number of ketones is 1. The normalized spacial score (nSPS) is 17.4. The molecular formula is C26H25N3O4. The quantitative estimate of drug-likeness (QED) is 0.342. The van der Waals surface area contributed by atoms with Crippen LogP contribution >= 0.6 is 0 Å². The maximum atomic E-state index is 13.2. The van der Waals surface area contributed by atoms with Crippen molar-refractivity contribution in [3.05, 3.63) is 88.6 Å². The summed E-state index contributed by atoms with van der Waals surface area (Å²) in [6.45, 7) is 6.27. The van der Waals surface area contributed by atoms with Crippen LogP contribution in [0.2, 0.25) is 0 Å². The summed E-state index contributed by atoms with van der Waals surface area (Å²) in [6.07, 6.45) is 0.842. The van der Waals surface area contributed by atoms with Crippen molar-refractivity contribution in [1.82, 2.24) is 10.2 Å². The number of benzene rings is 2. The number of ether oxygens (including phenoxy) is 1. The second-order valence-electron chi connectivity index (χ2n) is 7.99. The smallest absolute Gasteiger partial charge is 0.301 e. The lowest BCUT2D eigenvalue weighted by Crippen LogP contribution is -2.30. The molecule has 4 rings (SSSR count). The Morgan fingerprint density at radius 2 is 1.79 bits per heavy atom. The van der Waals surface area contributed by atoms with Gasteiger partial charge in [-0.25, -0.2) is 0 Å². The van der Waals surface area contributed by atoms with Gasteiger partial charge in [0.05, 0.1) is 23.9 Å². The lowest BCUT2D eigenvalue weighted by atomic mass is 9.95. The molecule has 0 bridgehead atoms. The zero-order chi connectivity index (χ0) is 23.5. The summed E-state index contributed by atoms with van der Waals surface area (Å²) in [6, 6.07) is 16.8. The molecule has 1 aromatic heterocycles. The van der Waals surface area contributed by atoms with Crippen LogP contribution in [0, 0.1) is 13.8 Å². The van der Waals surface area contributed by atoms with E-state index in [0.717, 1.165) is 12.0 Å². The van der Waals surface area contributed by atoms with Gasteiger partial charge >= 0.3 is 5.91 Å². The fraction of sp³-hybridized carbons (Fsp3) is 0.231. The molecule has 0 saturated carbocycles. The number of aromatic nitrogens is 2. The van der Waals surface area contributed by atoms with E-state index in [0.29, 0.717) is 29.2 Å². The van der Waals surface area contributed by atoms with Crippen LogP contribution in [-0.4, -0.2) is 33.6 Å². The molecule has 1 saturated heterocycles. The van der Waals surface area contributed by atoms with Gasteiger partial charge in [0.1, 0.15) is 11.5 Å². The zero-order valence-electron chi connectivity index (χ0n) is 18.8. The van der Waals surface area contributed by atoms with Crippen molar-refractivity contribution in [2.24, 2.45) is 0 Å². The molecule has 2 heterocycles. The summed E-state index contributed by atoms with van der Waals surface area (Å²) < 4.78 is 5.76. The minimum Gasteiger partial charge on any atom is -0.507 e. The van der Waals surface area contributed by atoms with Crippen LogP contribution in [0.4, 0.5) is 5.82 Å². The number of carbonyl (C=O) groups is 2. The topological polar surface area (TPSA) is 92.6 Å². The van der Waals surface area contributed by atoms with Gasteiger partial charge in [0.25, 0.3) is 5.78 Å². The Morgan fingerprint density at radius 3 is 2.45 bits per heavy atom. The number of aryl methyl sites for hydroxylation is 2. The van der Waals surface area contributed by atoms with Crippen LogP contribution in [0.25, 0.3) is 5.76 Å². The Hall–Kier alpha value is -4.00. The summed E-state index contributed by atoms with van der Waals surface area (Å²) in [4.78, 5) is 27.6. The maximum absolute atomic E-state index is 13.2. The molecule has 7 heteroatoms. The highest BCUT2D eigenvalue weighted by atomic mass is 16.5. The third-order valence-electron chi connectivity index (χ3n) is 5.45. The summed E-state index contributed by atoms with van der Waals surface area (Å²) >= 11 is 0. The predicted molar refractivity (Wildman–Crippen MR) is 125 cm³/mol. The number of hydrogen-bond acceptors (Lipinski definition) is 6. The average molecular weight is 444 g/mol. The van der Waals surface area contributed by atoms with Gasteiger partial charge in [0.15, 0.2) is 5.82 Å². The van der Waals surface area contributed by atoms with Gasteiger partial charge in [-0.3, -0.25) is 14.5 Å². The second-order valence-corrected chi connectivity index (χ2v) is 7.99. The van der Waals surface area contributed by atoms with E-state index in [1.54, 1.807) is 49.4 Å². The van der Waals surface area contributed by atoms with Crippen molar-refractivity contribution < 1.29 is 19.4 Å². The molecule has 0 spiro atoms. The Morgan fingerprint density at radius 1 is 1.03 bits per heavy atom. The molecular weight excluding hydrogens is 418 g/mol. The first kappa shape index (κ1) is 22.2. The van der Waals surface area contributed by atoms with Crippen molar-refractivity contribution in [2.45, 2.75) is 33.2 Å². The number of hydrogen-bond donors (Lipinski definition) is 1. The van der Waals surface area contributed by atoms with E-state index in [2.05, 4.69) is 10.2 Å². The fourth-order valence-electron chi connectivity index (χ4n) is 3.77. The number of aliphatic hydroxyl groups is 1. The van der Waals surface area contributed by atoms with Crippen LogP contribution in [0.3, 0.4) is 0 Å². The molecule has 7 nitrogen and oxygen atoms in total. The minimum atomic E-state index is -0.881. The molecule has 2 aromatic carbocycles. The Kier molecular flexibility index (Phi) is 6.22. The number of anilines is 1. The molecule has 0 radical (unpaired) electrons. The highest BCUT2D eigenvalue weighted by Crippen LogP contribution is 2.42. The van der Waals surface area contributed by atoms with Crippen LogP contribution in [-0.2, 0) is 9.59 Å². The molecule has 1 N–H and O–H groups in total. The van der Waals surface area contributed by atoms with Gasteiger partial charge in [-0.1, -0.05) is 48.9 Å². The number of rotatable bonds is 6. The molecule has 1 aliphatic rings. The lowest BCUT2D eigenvalue weighted by Gasteiger charge is -2.24. The fourth-order valence-corrected chi connectivity index (χ4v) is 3.77. The first-order valence-corrected chi connectivity index (χ1v) is 10.8. The van der Waals surface area contributed by atoms with Gasteiger partial charge in [-0.05, 0) is 50.1 Å².